The van der Waals surface area contributed by atoms with Gasteiger partial charge >= 0.3 is 0 Å². The maximum atomic E-state index is 12.6. The summed E-state index contributed by atoms with van der Waals surface area (Å²) in [5.74, 6) is 0.977. The van der Waals surface area contributed by atoms with Crippen LogP contribution >= 0.6 is 0 Å². The molecule has 32 heavy (non-hydrogen) atoms. The fraction of sp³-hybridized carbons (Fsp3) is 0.409. The number of aryl methyl sites for hydroxylation is 2. The van der Waals surface area contributed by atoms with E-state index in [1.54, 1.807) is 0 Å². The van der Waals surface area contributed by atoms with Crippen molar-refractivity contribution in [3.05, 3.63) is 47.9 Å². The molecule has 4 rings (SSSR count). The first-order valence-corrected chi connectivity index (χ1v) is 10.4. The van der Waals surface area contributed by atoms with E-state index in [1.807, 2.05) is 32.2 Å². The first-order valence-electron chi connectivity index (χ1n) is 10.4. The number of nitrogens with zero attached hydrogens (tertiary/aromatic N) is 3. The van der Waals surface area contributed by atoms with Gasteiger partial charge in [0.15, 0.2) is 6.39 Å². The molecule has 1 aliphatic rings. The molecule has 1 aliphatic carbocycles. The number of amides is 2. The molecule has 0 unspecified atom stereocenters. The molecular formula is C22H27N5O5. The summed E-state index contributed by atoms with van der Waals surface area (Å²) in [6, 6.07) is 6.16. The van der Waals surface area contributed by atoms with Crippen LogP contribution < -0.4 is 10.6 Å². The molecule has 0 atom stereocenters. The van der Waals surface area contributed by atoms with Crippen molar-refractivity contribution >= 4 is 29.3 Å². The van der Waals surface area contributed by atoms with Crippen LogP contribution in [0.25, 0.3) is 11.0 Å². The van der Waals surface area contributed by atoms with E-state index in [2.05, 4.69) is 25.2 Å². The van der Waals surface area contributed by atoms with Crippen LogP contribution in [0.2, 0.25) is 0 Å². The molecule has 1 aromatic carbocycles. The van der Waals surface area contributed by atoms with Gasteiger partial charge in [-0.05, 0) is 50.3 Å². The molecule has 2 amide bonds. The third-order valence-corrected chi connectivity index (χ3v) is 5.72. The molecule has 10 heteroatoms. The molecule has 2 heterocycles. The van der Waals surface area contributed by atoms with E-state index in [4.69, 9.17) is 14.3 Å². The number of carboxylic acid groups (broad SMARTS) is 1. The van der Waals surface area contributed by atoms with Gasteiger partial charge in [-0.3, -0.25) is 14.4 Å². The lowest BCUT2D eigenvalue weighted by Gasteiger charge is -2.28. The summed E-state index contributed by atoms with van der Waals surface area (Å²) >= 11 is 0. The van der Waals surface area contributed by atoms with Crippen molar-refractivity contribution in [1.29, 1.82) is 0 Å². The first-order chi connectivity index (χ1) is 15.4. The summed E-state index contributed by atoms with van der Waals surface area (Å²) < 4.78 is 7.06. The van der Waals surface area contributed by atoms with Gasteiger partial charge in [0.05, 0.1) is 17.2 Å². The zero-order valence-electron chi connectivity index (χ0n) is 18.1. The molecular weight excluding hydrogens is 414 g/mol. The number of imidazole rings is 1. The highest BCUT2D eigenvalue weighted by atomic mass is 16.4. The molecule has 1 fully saturated rings. The summed E-state index contributed by atoms with van der Waals surface area (Å²) in [4.78, 5) is 41.3. The standard InChI is InChI=1S/C21H25N5O3.CH2O2/c1-13-24-17-9-14(3-8-18(17)26(13)2)10-23-20(27)15-4-6-16(7-5-15)25-21(28)19-11-22-12-29-19;2-1-3/h3,8-9,11-12,15-16H,4-7,10H2,1-2H3,(H,23,27)(H,25,28);1H,(H,2,3). The molecule has 2 aromatic heterocycles. The van der Waals surface area contributed by atoms with E-state index in [9.17, 15) is 9.59 Å². The van der Waals surface area contributed by atoms with Gasteiger partial charge < -0.3 is 24.7 Å². The molecule has 0 spiro atoms. The Balaban J connectivity index is 0.000000913. The number of oxazole rings is 1. The summed E-state index contributed by atoms with van der Waals surface area (Å²) in [6.07, 6.45) is 5.70. The summed E-state index contributed by atoms with van der Waals surface area (Å²) in [6.45, 7) is 2.22. The predicted molar refractivity (Wildman–Crippen MR) is 116 cm³/mol. The third-order valence-electron chi connectivity index (χ3n) is 5.72. The Morgan fingerprint density at radius 1 is 1.28 bits per heavy atom. The highest BCUT2D eigenvalue weighted by molar-refractivity contribution is 5.91. The number of benzene rings is 1. The van der Waals surface area contributed by atoms with Crippen LogP contribution in [0, 0.1) is 12.8 Å². The van der Waals surface area contributed by atoms with Crippen LogP contribution in [0.1, 0.15) is 47.6 Å². The Kier molecular flexibility index (Phi) is 7.58. The number of carbonyl (C=O) groups excluding carboxylic acids is 2. The Morgan fingerprint density at radius 2 is 2.00 bits per heavy atom. The Bertz CT molecular complexity index is 1070. The van der Waals surface area contributed by atoms with Crippen LogP contribution in [0.4, 0.5) is 0 Å². The molecule has 10 nitrogen and oxygen atoms in total. The van der Waals surface area contributed by atoms with Crippen LogP contribution in [-0.4, -0.2) is 44.0 Å². The van der Waals surface area contributed by atoms with Crippen LogP contribution in [-0.2, 0) is 23.2 Å². The summed E-state index contributed by atoms with van der Waals surface area (Å²) in [5.41, 5.74) is 3.07. The number of aromatic nitrogens is 3. The van der Waals surface area contributed by atoms with E-state index in [0.29, 0.717) is 6.54 Å². The van der Waals surface area contributed by atoms with Gasteiger partial charge in [-0.15, -0.1) is 0 Å². The molecule has 3 N–H and O–H groups in total. The quantitative estimate of drug-likeness (QED) is 0.516. The van der Waals surface area contributed by atoms with Crippen LogP contribution in [0.5, 0.6) is 0 Å². The second kappa shape index (κ2) is 10.6. The first kappa shape index (κ1) is 23.0. The third kappa shape index (κ3) is 5.51. The lowest BCUT2D eigenvalue weighted by atomic mass is 9.85. The smallest absolute Gasteiger partial charge is 0.290 e. The Labute approximate surface area is 185 Å². The van der Waals surface area contributed by atoms with Crippen molar-refractivity contribution < 1.29 is 23.9 Å². The normalized spacial score (nSPS) is 17.8. The second-order valence-electron chi connectivity index (χ2n) is 7.75. The minimum atomic E-state index is -0.254. The number of hydrogen-bond donors (Lipinski definition) is 3. The van der Waals surface area contributed by atoms with Gasteiger partial charge in [-0.1, -0.05) is 6.07 Å². The monoisotopic (exact) mass is 441 g/mol. The lowest BCUT2D eigenvalue weighted by Crippen LogP contribution is -2.40. The second-order valence-corrected chi connectivity index (χ2v) is 7.75. The summed E-state index contributed by atoms with van der Waals surface area (Å²) in [5, 5.41) is 12.9. The average molecular weight is 441 g/mol. The van der Waals surface area contributed by atoms with Gasteiger partial charge in [-0.2, -0.15) is 0 Å². The van der Waals surface area contributed by atoms with E-state index < -0.39 is 0 Å². The number of nitrogens with one attached hydrogen (secondary N) is 2. The topological polar surface area (TPSA) is 139 Å². The van der Waals surface area contributed by atoms with Crippen molar-refractivity contribution in [2.45, 2.75) is 45.2 Å². The van der Waals surface area contributed by atoms with Crippen molar-refractivity contribution in [2.75, 3.05) is 0 Å². The van der Waals surface area contributed by atoms with E-state index in [-0.39, 0.29) is 36.0 Å². The SMILES string of the molecule is Cc1nc2cc(CNC(=O)C3CCC(NC(=O)c4cnco4)CC3)ccc2n1C.O=CO. The largest absolute Gasteiger partial charge is 0.483 e. The van der Waals surface area contributed by atoms with Crippen molar-refractivity contribution in [1.82, 2.24) is 25.2 Å². The predicted octanol–water partition coefficient (Wildman–Crippen LogP) is 2.18. The molecule has 0 radical (unpaired) electrons. The van der Waals surface area contributed by atoms with E-state index >= 15 is 0 Å². The number of hydrogen-bond acceptors (Lipinski definition) is 6. The van der Waals surface area contributed by atoms with Gasteiger partial charge in [0.25, 0.3) is 12.4 Å². The molecule has 0 saturated heterocycles. The highest BCUT2D eigenvalue weighted by Gasteiger charge is 2.27. The molecule has 0 aliphatic heterocycles. The maximum absolute atomic E-state index is 12.6. The zero-order chi connectivity index (χ0) is 23.1. The van der Waals surface area contributed by atoms with Gasteiger partial charge in [0, 0.05) is 25.6 Å². The van der Waals surface area contributed by atoms with Crippen molar-refractivity contribution in [2.24, 2.45) is 13.0 Å². The average Bonchev–Trinajstić information content (AvgIpc) is 3.42. The minimum absolute atomic E-state index is 0.0192. The van der Waals surface area contributed by atoms with Crippen LogP contribution in [0.3, 0.4) is 0 Å². The Hall–Kier alpha value is -3.69. The fourth-order valence-electron chi connectivity index (χ4n) is 3.89. The number of rotatable bonds is 5. The molecule has 0 bridgehead atoms. The minimum Gasteiger partial charge on any atom is -0.483 e. The Morgan fingerprint density at radius 3 is 2.66 bits per heavy atom. The highest BCUT2D eigenvalue weighted by Crippen LogP contribution is 2.25. The molecule has 1 saturated carbocycles. The number of carbonyl (C=O) groups is 3. The summed E-state index contributed by atoms with van der Waals surface area (Å²) in [7, 11) is 2.00. The van der Waals surface area contributed by atoms with Gasteiger partial charge in [-0.25, -0.2) is 9.97 Å². The molecule has 170 valence electrons. The van der Waals surface area contributed by atoms with Gasteiger partial charge in [0.1, 0.15) is 5.82 Å². The van der Waals surface area contributed by atoms with E-state index in [1.165, 1.54) is 12.6 Å². The fourth-order valence-corrected chi connectivity index (χ4v) is 3.89. The van der Waals surface area contributed by atoms with E-state index in [0.717, 1.165) is 48.1 Å². The van der Waals surface area contributed by atoms with Crippen molar-refractivity contribution in [3.63, 3.8) is 0 Å². The lowest BCUT2D eigenvalue weighted by molar-refractivity contribution is -0.126. The molecule has 3 aromatic rings. The number of fused-ring (bicyclic) bond motifs is 1. The van der Waals surface area contributed by atoms with Crippen LogP contribution in [0.15, 0.2) is 35.2 Å². The zero-order valence-corrected chi connectivity index (χ0v) is 18.1. The van der Waals surface area contributed by atoms with Crippen molar-refractivity contribution in [3.8, 4) is 0 Å². The maximum Gasteiger partial charge on any atom is 0.290 e. The van der Waals surface area contributed by atoms with Gasteiger partial charge in [0.2, 0.25) is 11.7 Å².